The van der Waals surface area contributed by atoms with E-state index in [4.69, 9.17) is 0 Å². The summed E-state index contributed by atoms with van der Waals surface area (Å²) in [6, 6.07) is 6.09. The van der Waals surface area contributed by atoms with Crippen LogP contribution in [0.3, 0.4) is 0 Å². The van der Waals surface area contributed by atoms with Crippen LogP contribution in [0.5, 0.6) is 0 Å². The maximum absolute atomic E-state index is 12.8. The zero-order chi connectivity index (χ0) is 10.1. The third kappa shape index (κ3) is 2.52. The van der Waals surface area contributed by atoms with Gasteiger partial charge >= 0.3 is 0 Å². The third-order valence-corrected chi connectivity index (χ3v) is 1.98. The summed E-state index contributed by atoms with van der Waals surface area (Å²) in [5.74, 6) is -0.305. The molecule has 1 N–H and O–H groups in total. The predicted octanol–water partition coefficient (Wildman–Crippen LogP) is 2.91. The van der Waals surface area contributed by atoms with Crippen LogP contribution < -0.4 is 0 Å². The Bertz CT molecular complexity index is 288. The Hall–Kier alpha value is -0.890. The van der Waals surface area contributed by atoms with Crippen molar-refractivity contribution < 1.29 is 9.50 Å². The number of aliphatic hydroxyl groups excluding tert-OH is 1. The maximum atomic E-state index is 12.8. The Morgan fingerprint density at radius 2 is 1.92 bits per heavy atom. The highest BCUT2D eigenvalue weighted by Crippen LogP contribution is 2.32. The van der Waals surface area contributed by atoms with Crippen LogP contribution in [0, 0.1) is 11.2 Å². The molecular weight excluding hydrogens is 167 g/mol. The zero-order valence-corrected chi connectivity index (χ0v) is 8.21. The van der Waals surface area contributed by atoms with Gasteiger partial charge in [-0.05, 0) is 23.1 Å². The quantitative estimate of drug-likeness (QED) is 0.708. The van der Waals surface area contributed by atoms with E-state index in [9.17, 15) is 9.50 Å². The molecule has 2 heteroatoms. The fourth-order valence-corrected chi connectivity index (χ4v) is 1.18. The molecule has 0 aliphatic carbocycles. The van der Waals surface area contributed by atoms with E-state index in [0.717, 1.165) is 0 Å². The molecule has 1 aromatic carbocycles. The number of rotatable bonds is 1. The summed E-state index contributed by atoms with van der Waals surface area (Å²) in [6.07, 6.45) is -0.622. The van der Waals surface area contributed by atoms with E-state index in [1.807, 2.05) is 20.8 Å². The van der Waals surface area contributed by atoms with Crippen LogP contribution in [0.4, 0.5) is 4.39 Å². The van der Waals surface area contributed by atoms with E-state index in [2.05, 4.69) is 0 Å². The van der Waals surface area contributed by atoms with Gasteiger partial charge in [0, 0.05) is 0 Å². The number of aliphatic hydroxyl groups is 1. The van der Waals surface area contributed by atoms with Crippen molar-refractivity contribution in [1.82, 2.24) is 0 Å². The van der Waals surface area contributed by atoms with Crippen LogP contribution in [0.25, 0.3) is 0 Å². The lowest BCUT2D eigenvalue weighted by molar-refractivity contribution is 0.0624. The van der Waals surface area contributed by atoms with E-state index < -0.39 is 6.10 Å². The Morgan fingerprint density at radius 1 is 1.31 bits per heavy atom. The van der Waals surface area contributed by atoms with Crippen molar-refractivity contribution in [3.8, 4) is 0 Å². The summed E-state index contributed by atoms with van der Waals surface area (Å²) < 4.78 is 12.8. The smallest absolute Gasteiger partial charge is 0.123 e. The van der Waals surface area contributed by atoms with E-state index in [0.29, 0.717) is 5.56 Å². The van der Waals surface area contributed by atoms with Gasteiger partial charge in [0.05, 0.1) is 6.10 Å². The summed E-state index contributed by atoms with van der Waals surface area (Å²) >= 11 is 0. The van der Waals surface area contributed by atoms with Crippen molar-refractivity contribution in [1.29, 1.82) is 0 Å². The van der Waals surface area contributed by atoms with Crippen molar-refractivity contribution in [3.05, 3.63) is 35.6 Å². The molecule has 0 saturated heterocycles. The molecule has 0 saturated carbocycles. The summed E-state index contributed by atoms with van der Waals surface area (Å²) in [4.78, 5) is 0. The number of halogens is 1. The second kappa shape index (κ2) is 3.46. The van der Waals surface area contributed by atoms with Gasteiger partial charge in [0.1, 0.15) is 5.82 Å². The van der Waals surface area contributed by atoms with Crippen LogP contribution in [0.2, 0.25) is 0 Å². The molecule has 1 aromatic rings. The molecular formula is C11H15FO. The molecule has 1 unspecified atom stereocenters. The number of hydrogen-bond acceptors (Lipinski definition) is 1. The standard InChI is InChI=1S/C11H15FO/c1-11(2,3)10(13)8-5-4-6-9(12)7-8/h4-7,10,13H,1-3H3. The number of hydrogen-bond donors (Lipinski definition) is 1. The molecule has 1 nitrogen and oxygen atoms in total. The van der Waals surface area contributed by atoms with E-state index in [1.54, 1.807) is 12.1 Å². The normalized spacial score (nSPS) is 14.2. The second-order valence-corrected chi connectivity index (χ2v) is 4.32. The lowest BCUT2D eigenvalue weighted by atomic mass is 9.85. The number of benzene rings is 1. The summed E-state index contributed by atoms with van der Waals surface area (Å²) in [5, 5.41) is 9.81. The minimum absolute atomic E-state index is 0.256. The molecule has 0 aliphatic heterocycles. The molecule has 13 heavy (non-hydrogen) atoms. The summed E-state index contributed by atoms with van der Waals surface area (Å²) in [6.45, 7) is 5.76. The topological polar surface area (TPSA) is 20.2 Å². The Balaban J connectivity index is 2.96. The van der Waals surface area contributed by atoms with Crippen LogP contribution >= 0.6 is 0 Å². The van der Waals surface area contributed by atoms with Gasteiger partial charge in [0.15, 0.2) is 0 Å². The van der Waals surface area contributed by atoms with E-state index >= 15 is 0 Å². The fourth-order valence-electron chi connectivity index (χ4n) is 1.18. The molecule has 0 fully saturated rings. The molecule has 0 radical (unpaired) electrons. The Labute approximate surface area is 78.2 Å². The van der Waals surface area contributed by atoms with E-state index in [-0.39, 0.29) is 11.2 Å². The third-order valence-electron chi connectivity index (χ3n) is 1.98. The van der Waals surface area contributed by atoms with Crippen LogP contribution in [-0.4, -0.2) is 5.11 Å². The minimum atomic E-state index is -0.622. The zero-order valence-electron chi connectivity index (χ0n) is 8.21. The van der Waals surface area contributed by atoms with Gasteiger partial charge in [-0.1, -0.05) is 32.9 Å². The van der Waals surface area contributed by atoms with Crippen molar-refractivity contribution in [3.63, 3.8) is 0 Å². The van der Waals surface area contributed by atoms with E-state index in [1.165, 1.54) is 12.1 Å². The molecule has 0 aliphatic rings. The maximum Gasteiger partial charge on any atom is 0.123 e. The van der Waals surface area contributed by atoms with Crippen molar-refractivity contribution >= 4 is 0 Å². The Kier molecular flexibility index (Phi) is 2.71. The molecule has 0 heterocycles. The molecule has 0 bridgehead atoms. The van der Waals surface area contributed by atoms with Gasteiger partial charge in [-0.2, -0.15) is 0 Å². The highest BCUT2D eigenvalue weighted by molar-refractivity contribution is 5.20. The van der Waals surface area contributed by atoms with Gasteiger partial charge in [-0.15, -0.1) is 0 Å². The lowest BCUT2D eigenvalue weighted by Crippen LogP contribution is -2.17. The van der Waals surface area contributed by atoms with Gasteiger partial charge < -0.3 is 5.11 Å². The summed E-state index contributed by atoms with van der Waals surface area (Å²) in [5.41, 5.74) is 0.376. The highest BCUT2D eigenvalue weighted by Gasteiger charge is 2.23. The largest absolute Gasteiger partial charge is 0.388 e. The van der Waals surface area contributed by atoms with Crippen molar-refractivity contribution in [2.45, 2.75) is 26.9 Å². The molecule has 72 valence electrons. The van der Waals surface area contributed by atoms with Gasteiger partial charge in [-0.3, -0.25) is 0 Å². The van der Waals surface area contributed by atoms with Crippen LogP contribution in [0.15, 0.2) is 24.3 Å². The highest BCUT2D eigenvalue weighted by atomic mass is 19.1. The SMILES string of the molecule is CC(C)(C)C(O)c1cccc(F)c1. The van der Waals surface area contributed by atoms with Gasteiger partial charge in [0.25, 0.3) is 0 Å². The molecule has 0 amide bonds. The first kappa shape index (κ1) is 10.2. The Morgan fingerprint density at radius 3 is 2.38 bits per heavy atom. The fraction of sp³-hybridized carbons (Fsp3) is 0.455. The first-order valence-electron chi connectivity index (χ1n) is 4.35. The van der Waals surface area contributed by atoms with Crippen LogP contribution in [0.1, 0.15) is 32.4 Å². The van der Waals surface area contributed by atoms with Gasteiger partial charge in [-0.25, -0.2) is 4.39 Å². The van der Waals surface area contributed by atoms with Gasteiger partial charge in [0.2, 0.25) is 0 Å². The molecule has 1 atom stereocenters. The molecule has 0 aromatic heterocycles. The average Bonchev–Trinajstić information content (AvgIpc) is 2.01. The van der Waals surface area contributed by atoms with Crippen LogP contribution in [-0.2, 0) is 0 Å². The molecule has 1 rings (SSSR count). The average molecular weight is 182 g/mol. The first-order valence-corrected chi connectivity index (χ1v) is 4.35. The summed E-state index contributed by atoms with van der Waals surface area (Å²) in [7, 11) is 0. The minimum Gasteiger partial charge on any atom is -0.388 e. The first-order chi connectivity index (χ1) is 5.91. The second-order valence-electron chi connectivity index (χ2n) is 4.32. The monoisotopic (exact) mass is 182 g/mol. The molecule has 0 spiro atoms. The lowest BCUT2D eigenvalue weighted by Gasteiger charge is -2.26. The van der Waals surface area contributed by atoms with Crippen molar-refractivity contribution in [2.24, 2.45) is 5.41 Å². The van der Waals surface area contributed by atoms with Crippen molar-refractivity contribution in [2.75, 3.05) is 0 Å². The predicted molar refractivity (Wildman–Crippen MR) is 50.8 cm³/mol.